The SMILES string of the molecule is C1=C(c2ccccc2)OC(c2ccccc2)(c2ccccc2)/C1=C/c1ccccc1. The van der Waals surface area contributed by atoms with Gasteiger partial charge in [-0.3, -0.25) is 0 Å². The van der Waals surface area contributed by atoms with Gasteiger partial charge in [0.1, 0.15) is 5.76 Å². The number of ether oxygens (including phenoxy) is 1. The van der Waals surface area contributed by atoms with Crippen molar-refractivity contribution in [3.8, 4) is 0 Å². The zero-order valence-electron chi connectivity index (χ0n) is 16.6. The van der Waals surface area contributed by atoms with Crippen LogP contribution in [-0.2, 0) is 10.3 Å². The fraction of sp³-hybridized carbons (Fsp3) is 0.0345. The van der Waals surface area contributed by atoms with Gasteiger partial charge in [-0.1, -0.05) is 121 Å². The lowest BCUT2D eigenvalue weighted by Crippen LogP contribution is -2.29. The zero-order valence-corrected chi connectivity index (χ0v) is 16.6. The van der Waals surface area contributed by atoms with Gasteiger partial charge in [0.2, 0.25) is 0 Å². The van der Waals surface area contributed by atoms with Gasteiger partial charge in [0.05, 0.1) is 0 Å². The van der Waals surface area contributed by atoms with E-state index in [1.54, 1.807) is 0 Å². The van der Waals surface area contributed by atoms with Crippen molar-refractivity contribution in [2.45, 2.75) is 5.60 Å². The van der Waals surface area contributed by atoms with E-state index in [1.165, 1.54) is 0 Å². The monoisotopic (exact) mass is 386 g/mol. The molecule has 0 saturated heterocycles. The predicted molar refractivity (Wildman–Crippen MR) is 124 cm³/mol. The third-order valence-electron chi connectivity index (χ3n) is 5.50. The summed E-state index contributed by atoms with van der Waals surface area (Å²) in [6, 6.07) is 41.7. The molecule has 30 heavy (non-hydrogen) atoms. The normalized spacial score (nSPS) is 16.1. The molecule has 0 N–H and O–H groups in total. The minimum absolute atomic E-state index is 0.705. The summed E-state index contributed by atoms with van der Waals surface area (Å²) in [5, 5.41) is 0. The summed E-state index contributed by atoms with van der Waals surface area (Å²) < 4.78 is 6.88. The van der Waals surface area contributed by atoms with Crippen LogP contribution in [0.25, 0.3) is 11.8 Å². The van der Waals surface area contributed by atoms with E-state index in [-0.39, 0.29) is 0 Å². The Morgan fingerprint density at radius 1 is 0.533 bits per heavy atom. The topological polar surface area (TPSA) is 9.23 Å². The Balaban J connectivity index is 1.76. The van der Waals surface area contributed by atoms with Gasteiger partial charge in [-0.05, 0) is 17.7 Å². The quantitative estimate of drug-likeness (QED) is 0.364. The molecule has 1 nitrogen and oxygen atoms in total. The Morgan fingerprint density at radius 2 is 1.00 bits per heavy atom. The van der Waals surface area contributed by atoms with Gasteiger partial charge in [-0.2, -0.15) is 0 Å². The lowest BCUT2D eigenvalue weighted by atomic mass is 9.80. The number of hydrogen-bond donors (Lipinski definition) is 0. The molecule has 144 valence electrons. The maximum Gasteiger partial charge on any atom is 0.184 e. The Bertz CT molecular complexity index is 1130. The van der Waals surface area contributed by atoms with Crippen LogP contribution in [0, 0.1) is 0 Å². The minimum Gasteiger partial charge on any atom is -0.472 e. The highest BCUT2D eigenvalue weighted by atomic mass is 16.5. The molecular formula is C29H22O. The summed E-state index contributed by atoms with van der Waals surface area (Å²) in [5.74, 6) is 0.880. The molecular weight excluding hydrogens is 364 g/mol. The van der Waals surface area contributed by atoms with E-state index in [1.807, 2.05) is 36.4 Å². The van der Waals surface area contributed by atoms with Gasteiger partial charge in [0, 0.05) is 22.3 Å². The van der Waals surface area contributed by atoms with Crippen molar-refractivity contribution < 1.29 is 4.74 Å². The molecule has 0 saturated carbocycles. The van der Waals surface area contributed by atoms with Crippen LogP contribution in [0.2, 0.25) is 0 Å². The van der Waals surface area contributed by atoms with Crippen molar-refractivity contribution in [3.05, 3.63) is 155 Å². The van der Waals surface area contributed by atoms with E-state index >= 15 is 0 Å². The van der Waals surface area contributed by atoms with Crippen LogP contribution in [0.4, 0.5) is 0 Å². The first-order valence-corrected chi connectivity index (χ1v) is 10.2. The highest BCUT2D eigenvalue weighted by molar-refractivity contribution is 5.76. The van der Waals surface area contributed by atoms with Gasteiger partial charge >= 0.3 is 0 Å². The second-order valence-corrected chi connectivity index (χ2v) is 7.40. The molecule has 4 aromatic rings. The summed E-state index contributed by atoms with van der Waals surface area (Å²) in [6.07, 6.45) is 4.41. The fourth-order valence-electron chi connectivity index (χ4n) is 4.08. The Kier molecular flexibility index (Phi) is 4.78. The second-order valence-electron chi connectivity index (χ2n) is 7.40. The van der Waals surface area contributed by atoms with Gasteiger partial charge < -0.3 is 4.74 Å². The highest BCUT2D eigenvalue weighted by Gasteiger charge is 2.44. The number of rotatable bonds is 4. The predicted octanol–water partition coefficient (Wildman–Crippen LogP) is 7.09. The highest BCUT2D eigenvalue weighted by Crippen LogP contribution is 2.50. The first kappa shape index (κ1) is 18.2. The number of hydrogen-bond acceptors (Lipinski definition) is 1. The largest absolute Gasteiger partial charge is 0.472 e. The van der Waals surface area contributed by atoms with E-state index in [9.17, 15) is 0 Å². The van der Waals surface area contributed by atoms with Gasteiger partial charge in [0.15, 0.2) is 5.60 Å². The minimum atomic E-state index is -0.705. The number of benzene rings is 4. The Labute approximate surface area is 177 Å². The third kappa shape index (κ3) is 3.25. The molecule has 0 fully saturated rings. The van der Waals surface area contributed by atoms with Crippen molar-refractivity contribution in [3.63, 3.8) is 0 Å². The lowest BCUT2D eigenvalue weighted by Gasteiger charge is -2.33. The van der Waals surface area contributed by atoms with Crippen LogP contribution in [0.15, 0.2) is 133 Å². The average Bonchev–Trinajstić information content (AvgIpc) is 3.22. The smallest absolute Gasteiger partial charge is 0.184 e. The van der Waals surface area contributed by atoms with Crippen LogP contribution in [0.5, 0.6) is 0 Å². The maximum absolute atomic E-state index is 6.88. The van der Waals surface area contributed by atoms with Crippen LogP contribution in [-0.4, -0.2) is 0 Å². The van der Waals surface area contributed by atoms with Crippen LogP contribution in [0.3, 0.4) is 0 Å². The molecule has 0 bridgehead atoms. The second kappa shape index (κ2) is 7.88. The van der Waals surface area contributed by atoms with Crippen molar-refractivity contribution in [1.82, 2.24) is 0 Å². The molecule has 4 aromatic carbocycles. The zero-order chi connectivity index (χ0) is 20.2. The molecule has 5 rings (SSSR count). The molecule has 0 amide bonds. The fourth-order valence-corrected chi connectivity index (χ4v) is 4.08. The Hall–Kier alpha value is -3.84. The van der Waals surface area contributed by atoms with Gasteiger partial charge in [0.25, 0.3) is 0 Å². The van der Waals surface area contributed by atoms with Crippen molar-refractivity contribution in [2.24, 2.45) is 0 Å². The van der Waals surface area contributed by atoms with E-state index in [4.69, 9.17) is 4.74 Å². The molecule has 1 heterocycles. The molecule has 1 aliphatic rings. The molecule has 0 spiro atoms. The average molecular weight is 386 g/mol. The van der Waals surface area contributed by atoms with Gasteiger partial charge in [-0.15, -0.1) is 0 Å². The van der Waals surface area contributed by atoms with Gasteiger partial charge in [-0.25, -0.2) is 0 Å². The first-order chi connectivity index (χ1) is 14.9. The summed E-state index contributed by atoms with van der Waals surface area (Å²) in [5.41, 5.74) is 4.86. The van der Waals surface area contributed by atoms with Crippen LogP contribution >= 0.6 is 0 Å². The molecule has 1 aliphatic heterocycles. The summed E-state index contributed by atoms with van der Waals surface area (Å²) in [6.45, 7) is 0. The van der Waals surface area contributed by atoms with E-state index in [2.05, 4.69) is 97.1 Å². The summed E-state index contributed by atoms with van der Waals surface area (Å²) >= 11 is 0. The van der Waals surface area contributed by atoms with E-state index in [0.29, 0.717) is 0 Å². The molecule has 0 aliphatic carbocycles. The Morgan fingerprint density at radius 3 is 1.53 bits per heavy atom. The molecule has 0 atom stereocenters. The van der Waals surface area contributed by atoms with Crippen LogP contribution in [0.1, 0.15) is 22.3 Å². The van der Waals surface area contributed by atoms with Crippen molar-refractivity contribution >= 4 is 11.8 Å². The molecule has 0 aromatic heterocycles. The molecule has 0 unspecified atom stereocenters. The van der Waals surface area contributed by atoms with Crippen molar-refractivity contribution in [2.75, 3.05) is 0 Å². The van der Waals surface area contributed by atoms with E-state index in [0.717, 1.165) is 33.6 Å². The maximum atomic E-state index is 6.88. The summed E-state index contributed by atoms with van der Waals surface area (Å²) in [7, 11) is 0. The molecule has 0 radical (unpaired) electrons. The van der Waals surface area contributed by atoms with Crippen molar-refractivity contribution in [1.29, 1.82) is 0 Å². The summed E-state index contributed by atoms with van der Waals surface area (Å²) in [4.78, 5) is 0. The third-order valence-corrected chi connectivity index (χ3v) is 5.50. The first-order valence-electron chi connectivity index (χ1n) is 10.2. The molecule has 1 heteroatoms. The van der Waals surface area contributed by atoms with Crippen LogP contribution < -0.4 is 0 Å². The van der Waals surface area contributed by atoms with E-state index < -0.39 is 5.60 Å². The standard InChI is InChI=1S/C29H22O/c1-5-13-23(14-6-1)21-27-22-28(24-15-7-2-8-16-24)30-29(27,25-17-9-3-10-18-25)26-19-11-4-12-20-26/h1-22H/b27-21+. The lowest BCUT2D eigenvalue weighted by molar-refractivity contribution is 0.135.